The minimum absolute atomic E-state index is 0.00159. The summed E-state index contributed by atoms with van der Waals surface area (Å²) in [6.45, 7) is 17.0. The molecule has 12 saturated carbocycles. The monoisotopic (exact) mass is 2050 g/mol. The molecule has 0 spiro atoms. The van der Waals surface area contributed by atoms with Gasteiger partial charge < -0.3 is 75.8 Å². The van der Waals surface area contributed by atoms with Gasteiger partial charge in [-0.05, 0) is 158 Å². The van der Waals surface area contributed by atoms with Crippen LogP contribution in [0.2, 0.25) is 0 Å². The Kier molecular flexibility index (Phi) is 28.9. The summed E-state index contributed by atoms with van der Waals surface area (Å²) >= 11 is 0. The quantitative estimate of drug-likeness (QED) is 0.0786. The highest BCUT2D eigenvalue weighted by atomic mass is 19.4. The summed E-state index contributed by atoms with van der Waals surface area (Å²) in [4.78, 5) is 182. The first-order chi connectivity index (χ1) is 64.4. The minimum atomic E-state index is -4.67. The Labute approximate surface area is 796 Å². The van der Waals surface area contributed by atoms with E-state index in [1.165, 1.54) is 0 Å². The van der Waals surface area contributed by atoms with Gasteiger partial charge in [-0.2, -0.15) is 65.9 Å². The van der Waals surface area contributed by atoms with Crippen LogP contribution in [0.3, 0.4) is 0 Å². The first-order valence-electron chi connectivity index (χ1n) is 46.9. The lowest BCUT2D eigenvalue weighted by Crippen LogP contribution is -2.55. The van der Waals surface area contributed by atoms with Crippen molar-refractivity contribution in [3.63, 3.8) is 0 Å². The van der Waals surface area contributed by atoms with Gasteiger partial charge in [0.05, 0.1) is 47.3 Å². The van der Waals surface area contributed by atoms with Gasteiger partial charge in [0.2, 0.25) is 5.67 Å². The summed E-state index contributed by atoms with van der Waals surface area (Å²) in [6.07, 6.45) is -1.52. The molecular formula is C93H114F16O32. The van der Waals surface area contributed by atoms with E-state index in [-0.39, 0.29) is 149 Å². The van der Waals surface area contributed by atoms with Crippen molar-refractivity contribution in [2.75, 3.05) is 0 Å². The lowest BCUT2D eigenvalue weighted by atomic mass is 9.71. The first-order valence-corrected chi connectivity index (χ1v) is 46.9. The number of fused-ring (bicyclic) bond motifs is 12. The molecule has 0 aromatic rings. The van der Waals surface area contributed by atoms with Crippen LogP contribution < -0.4 is 0 Å². The molecule has 0 radical (unpaired) electrons. The van der Waals surface area contributed by atoms with Crippen molar-refractivity contribution in [1.29, 1.82) is 0 Å². The lowest BCUT2D eigenvalue weighted by molar-refractivity contribution is -0.230. The van der Waals surface area contributed by atoms with Crippen molar-refractivity contribution in [3.8, 4) is 0 Å². The molecule has 8 aliphatic heterocycles. The summed E-state index contributed by atoms with van der Waals surface area (Å²) < 4.78 is 286. The normalized spacial score (nSPS) is 39.9. The van der Waals surface area contributed by atoms with Crippen LogP contribution in [0.4, 0.5) is 70.2 Å². The van der Waals surface area contributed by atoms with E-state index < -0.39 is 196 Å². The van der Waals surface area contributed by atoms with E-state index >= 15 is 0 Å². The van der Waals surface area contributed by atoms with Crippen LogP contribution in [0.25, 0.3) is 0 Å². The molecule has 20 rings (SSSR count). The van der Waals surface area contributed by atoms with Crippen LogP contribution in [-0.4, -0.2) is 239 Å². The van der Waals surface area contributed by atoms with Gasteiger partial charge in [-0.25, -0.2) is 38.0 Å². The number of alkyl halides is 16. The van der Waals surface area contributed by atoms with Crippen molar-refractivity contribution >= 4 is 95.5 Å². The number of rotatable bonds is 16. The van der Waals surface area contributed by atoms with Gasteiger partial charge in [0.25, 0.3) is 0 Å². The fourth-order valence-corrected chi connectivity index (χ4v) is 23.7. The molecule has 141 heavy (non-hydrogen) atoms. The summed E-state index contributed by atoms with van der Waals surface area (Å²) in [7, 11) is 0. The van der Waals surface area contributed by atoms with Crippen LogP contribution >= 0.6 is 0 Å². The molecule has 0 aromatic carbocycles. The molecule has 20 fully saturated rings. The molecule has 12 aliphatic carbocycles. The fraction of sp³-hybridized carbons (Fsp3) is 0.828. The van der Waals surface area contributed by atoms with Gasteiger partial charge in [-0.3, -0.25) is 43.2 Å². The third kappa shape index (κ3) is 21.3. The van der Waals surface area contributed by atoms with Crippen molar-refractivity contribution in [1.82, 2.24) is 0 Å². The topological polar surface area (TPSA) is 421 Å². The van der Waals surface area contributed by atoms with E-state index in [0.717, 1.165) is 34.1 Å². The predicted molar refractivity (Wildman–Crippen MR) is 433 cm³/mol. The lowest BCUT2D eigenvalue weighted by Gasteiger charge is -2.44. The van der Waals surface area contributed by atoms with Crippen LogP contribution in [0, 0.1) is 106 Å². The molecule has 0 aromatic heterocycles. The number of carbonyl (C=O) groups excluding carboxylic acids is 16. The van der Waals surface area contributed by atoms with Gasteiger partial charge in [0.15, 0.2) is 5.41 Å². The van der Waals surface area contributed by atoms with Crippen molar-refractivity contribution < 1.29 is 223 Å². The van der Waals surface area contributed by atoms with Crippen LogP contribution in [0.1, 0.15) is 233 Å². The third-order valence-corrected chi connectivity index (χ3v) is 31.9. The number of halogens is 16. The first kappa shape index (κ1) is 109. The summed E-state index contributed by atoms with van der Waals surface area (Å²) in [5, 5.41) is 0. The maximum atomic E-state index is 13.3. The average molecular weight is 2050 g/mol. The van der Waals surface area contributed by atoms with E-state index in [1.54, 1.807) is 34.6 Å². The van der Waals surface area contributed by atoms with Gasteiger partial charge in [0, 0.05) is 114 Å². The second-order valence-electron chi connectivity index (χ2n) is 43.6. The van der Waals surface area contributed by atoms with Crippen LogP contribution in [0.5, 0.6) is 0 Å². The van der Waals surface area contributed by atoms with Gasteiger partial charge in [-0.1, -0.05) is 13.8 Å². The highest BCUT2D eigenvalue weighted by molar-refractivity contribution is 5.85. The van der Waals surface area contributed by atoms with Crippen LogP contribution in [-0.2, 0) is 153 Å². The maximum Gasteiger partial charge on any atom is 0.404 e. The molecule has 33 unspecified atom stereocenters. The molecule has 8 heterocycles. The van der Waals surface area contributed by atoms with Crippen molar-refractivity contribution in [2.24, 2.45) is 106 Å². The molecule has 0 N–H and O–H groups in total. The zero-order chi connectivity index (χ0) is 105. The fourth-order valence-electron chi connectivity index (χ4n) is 23.7. The number of ether oxygens (including phenoxy) is 16. The zero-order valence-corrected chi connectivity index (χ0v) is 79.7. The average Bonchev–Trinajstić information content (AvgIpc) is 1.50. The van der Waals surface area contributed by atoms with E-state index in [1.807, 2.05) is 6.92 Å². The molecule has 33 atom stereocenters. The Hall–Kier alpha value is -9.60. The Morgan fingerprint density at radius 3 is 1.34 bits per heavy atom. The molecular weight excluding hydrogens is 1930 g/mol. The molecule has 48 heteroatoms. The smallest absolute Gasteiger partial charge is 0.404 e. The van der Waals surface area contributed by atoms with Gasteiger partial charge in [-0.15, -0.1) is 0 Å². The van der Waals surface area contributed by atoms with Crippen molar-refractivity contribution in [2.45, 2.75) is 376 Å². The Bertz CT molecular complexity index is 4860. The molecule has 32 nitrogen and oxygen atoms in total. The van der Waals surface area contributed by atoms with E-state index in [2.05, 4.69) is 0 Å². The van der Waals surface area contributed by atoms with E-state index in [4.69, 9.17) is 75.8 Å². The Morgan fingerprint density at radius 2 is 0.809 bits per heavy atom. The summed E-state index contributed by atoms with van der Waals surface area (Å²) in [5.74, 6) is -36.3. The molecule has 790 valence electrons. The van der Waals surface area contributed by atoms with Gasteiger partial charge >= 0.3 is 137 Å². The minimum Gasteiger partial charge on any atom is -0.458 e. The highest BCUT2D eigenvalue weighted by Crippen LogP contribution is 2.65. The highest BCUT2D eigenvalue weighted by Gasteiger charge is 2.74. The maximum absolute atomic E-state index is 13.3. The molecule has 16 bridgehead atoms. The predicted octanol–water partition coefficient (Wildman–Crippen LogP) is 12.9. The number of hydrogen-bond donors (Lipinski definition) is 0. The molecule has 0 amide bonds. The second-order valence-corrected chi connectivity index (χ2v) is 43.6. The number of esters is 16. The van der Waals surface area contributed by atoms with Gasteiger partial charge in [0.1, 0.15) is 95.7 Å². The second kappa shape index (κ2) is 37.5. The summed E-state index contributed by atoms with van der Waals surface area (Å²) in [5.41, 5.74) is -9.17. The standard InChI is InChI=1S/C12H15F3O4.3C12H14F2O4.C12H16F2O4.C11H12F2O4.C11H14F2O4.C11H15FO4/c1-11(2,12(13,14)15)10(17)19-7-4-3-6-5-8(7)18-9(6)16;1-11-3-5-6(4-11)9(15)17-7(5)8(11)18-10(16)12(2,13)14;1-11(18-10(16)12(2,13)14)5-3-6-7(4-5)9(15)17-8(6)11;1-11-7-4-5(3-6(7)9(15)18-11)8(11)17-10(16)12(2,13)14;1-10(18-9(16)12(3,13)14)5-4-7-6-11(10,2)17-8(7)15;1-11(12,13)10(15)17-7-4-2-5-6(3-4)9(14)16-8(5)7;1-5-3-6-4-7(16-9(6)14)8(5)17-10(15)11(2,12)13;1-11(2,12)10(14)16-7-4-3-6-5-8(7)15-9(6)13/h6-8H,3-5H2,1-2H3;3*5-8H,3-4H2,1-2H3;7H,4-6H2,1-3H3;4-8H,2-3H2,1H3;5-8H,3-4H2,1-2H3;6-8H,3-5H2,1-2H3. The van der Waals surface area contributed by atoms with E-state index in [0.29, 0.717) is 157 Å². The molecule has 20 aliphatic rings. The third-order valence-electron chi connectivity index (χ3n) is 31.9. The largest absolute Gasteiger partial charge is 0.458 e. The SMILES string of the molecule is CC(C)(C(=O)OC1CCC2CC1OC2=O)C(F)(F)F.CC(C)(F)C(=O)OC1CCC2CC1OC2=O.CC(F)(F)C(=O)OC1(C)C2CC3C(=O)OC1C3C2.CC(F)(F)C(=O)OC1(C)CCC2CC1(C)OC2=O.CC(F)(F)C(=O)OC1C2CC3C(=O)OC1(C)C3C2.CC(F)(F)C(=O)OC1C2CC3C(=O)OC1C3C2.CC(F)(F)C(=O)OC1C2OC(=O)C3CC1(C)CC32.CC1CC2CC(OC2=O)C1OC(=O)C(C)(F)F. The van der Waals surface area contributed by atoms with Crippen molar-refractivity contribution in [3.05, 3.63) is 0 Å². The Balaban J connectivity index is 0.000000136. The number of hydrogen-bond acceptors (Lipinski definition) is 32. The Morgan fingerprint density at radius 1 is 0.348 bits per heavy atom. The summed E-state index contributed by atoms with van der Waals surface area (Å²) in [6, 6.07) is 0. The molecule has 8 saturated heterocycles. The zero-order valence-electron chi connectivity index (χ0n) is 79.7. The van der Waals surface area contributed by atoms with E-state index in [9.17, 15) is 147 Å². The van der Waals surface area contributed by atoms with Crippen LogP contribution in [0.15, 0.2) is 0 Å². The number of carbonyl (C=O) groups is 16.